The summed E-state index contributed by atoms with van der Waals surface area (Å²) >= 11 is 1.58. The van der Waals surface area contributed by atoms with Crippen LogP contribution in [-0.2, 0) is 17.6 Å². The molecule has 0 aliphatic heterocycles. The maximum Gasteiger partial charge on any atom is 0.220 e. The third kappa shape index (κ3) is 4.66. The number of nitrogens with one attached hydrogen (secondary N) is 2. The van der Waals surface area contributed by atoms with E-state index in [0.717, 1.165) is 23.7 Å². The van der Waals surface area contributed by atoms with Gasteiger partial charge in [-0.3, -0.25) is 4.79 Å². The summed E-state index contributed by atoms with van der Waals surface area (Å²) in [6.45, 7) is 0.639. The number of benzene rings is 1. The summed E-state index contributed by atoms with van der Waals surface area (Å²) in [7, 11) is 1.86. The van der Waals surface area contributed by atoms with E-state index in [1.807, 2.05) is 42.8 Å². The van der Waals surface area contributed by atoms with Crippen molar-refractivity contribution in [3.05, 3.63) is 47.0 Å². The zero-order valence-electron chi connectivity index (χ0n) is 11.6. The van der Waals surface area contributed by atoms with Crippen molar-refractivity contribution < 1.29 is 4.79 Å². The highest BCUT2D eigenvalue weighted by Gasteiger charge is 2.03. The van der Waals surface area contributed by atoms with Crippen molar-refractivity contribution in [3.8, 4) is 0 Å². The second-order valence-electron chi connectivity index (χ2n) is 4.48. The molecule has 0 radical (unpaired) electrons. The molecule has 0 bridgehead atoms. The Bertz CT molecular complexity index is 539. The first-order chi connectivity index (χ1) is 9.78. The Morgan fingerprint density at radius 2 is 2.05 bits per heavy atom. The van der Waals surface area contributed by atoms with Gasteiger partial charge in [0.05, 0.1) is 5.69 Å². The lowest BCUT2D eigenvalue weighted by Crippen LogP contribution is -2.25. The molecule has 0 spiro atoms. The first-order valence-corrected chi connectivity index (χ1v) is 7.58. The molecule has 2 N–H and O–H groups in total. The summed E-state index contributed by atoms with van der Waals surface area (Å²) in [6.07, 6.45) is 2.09. The van der Waals surface area contributed by atoms with E-state index in [1.165, 1.54) is 5.56 Å². The van der Waals surface area contributed by atoms with Crippen molar-refractivity contribution in [2.75, 3.05) is 18.9 Å². The van der Waals surface area contributed by atoms with Crippen LogP contribution in [0, 0.1) is 0 Å². The number of hydrogen-bond acceptors (Lipinski definition) is 4. The van der Waals surface area contributed by atoms with Gasteiger partial charge in [0.25, 0.3) is 0 Å². The lowest BCUT2D eigenvalue weighted by molar-refractivity contribution is -0.121. The average molecular weight is 289 g/mol. The van der Waals surface area contributed by atoms with Crippen molar-refractivity contribution in [1.29, 1.82) is 0 Å². The van der Waals surface area contributed by atoms with Gasteiger partial charge in [0.1, 0.15) is 0 Å². The Balaban J connectivity index is 1.65. The largest absolute Gasteiger partial charge is 0.365 e. The van der Waals surface area contributed by atoms with Crippen LogP contribution in [0.4, 0.5) is 5.13 Å². The predicted molar refractivity (Wildman–Crippen MR) is 83.1 cm³/mol. The van der Waals surface area contributed by atoms with Gasteiger partial charge in [-0.25, -0.2) is 4.98 Å². The van der Waals surface area contributed by atoms with Crippen LogP contribution in [0.2, 0.25) is 0 Å². The highest BCUT2D eigenvalue weighted by molar-refractivity contribution is 7.13. The van der Waals surface area contributed by atoms with Crippen molar-refractivity contribution >= 4 is 22.4 Å². The van der Waals surface area contributed by atoms with Crippen LogP contribution in [-0.4, -0.2) is 24.5 Å². The number of anilines is 1. The van der Waals surface area contributed by atoms with Crippen LogP contribution < -0.4 is 10.6 Å². The van der Waals surface area contributed by atoms with E-state index in [-0.39, 0.29) is 5.91 Å². The van der Waals surface area contributed by atoms with Gasteiger partial charge in [-0.05, 0) is 12.0 Å². The summed E-state index contributed by atoms with van der Waals surface area (Å²) in [5, 5.41) is 8.87. The Labute approximate surface area is 123 Å². The molecule has 0 saturated heterocycles. The minimum atomic E-state index is 0.0953. The normalized spacial score (nSPS) is 10.2. The number of rotatable bonds is 7. The van der Waals surface area contributed by atoms with Crippen LogP contribution in [0.1, 0.15) is 17.7 Å². The summed E-state index contributed by atoms with van der Waals surface area (Å²) in [5.41, 5.74) is 2.21. The molecule has 0 aliphatic carbocycles. The van der Waals surface area contributed by atoms with Crippen LogP contribution in [0.5, 0.6) is 0 Å². The molecule has 2 rings (SSSR count). The van der Waals surface area contributed by atoms with Gasteiger partial charge < -0.3 is 10.6 Å². The van der Waals surface area contributed by atoms with Crippen molar-refractivity contribution in [1.82, 2.24) is 10.3 Å². The molecule has 0 unspecified atom stereocenters. The summed E-state index contributed by atoms with van der Waals surface area (Å²) in [4.78, 5) is 16.1. The molecule has 20 heavy (non-hydrogen) atoms. The minimum Gasteiger partial charge on any atom is -0.365 e. The molecule has 4 nitrogen and oxygen atoms in total. The Kier molecular flexibility index (Phi) is 5.55. The molecule has 1 aromatic carbocycles. The molecule has 0 saturated carbocycles. The maximum atomic E-state index is 11.7. The SMILES string of the molecule is CNc1nc(CCNC(=O)CCc2ccccc2)cs1. The van der Waals surface area contributed by atoms with Gasteiger partial charge in [0, 0.05) is 31.8 Å². The van der Waals surface area contributed by atoms with Crippen LogP contribution in [0.25, 0.3) is 0 Å². The fourth-order valence-electron chi connectivity index (χ4n) is 1.86. The van der Waals surface area contributed by atoms with E-state index in [4.69, 9.17) is 0 Å². The first kappa shape index (κ1) is 14.5. The van der Waals surface area contributed by atoms with Gasteiger partial charge in [0.2, 0.25) is 5.91 Å². The van der Waals surface area contributed by atoms with Crippen LogP contribution >= 0.6 is 11.3 Å². The molecule has 2 aromatic rings. The Hall–Kier alpha value is -1.88. The second kappa shape index (κ2) is 7.65. The molecule has 0 aliphatic rings. The number of hydrogen-bond donors (Lipinski definition) is 2. The smallest absolute Gasteiger partial charge is 0.220 e. The van der Waals surface area contributed by atoms with E-state index in [0.29, 0.717) is 13.0 Å². The molecule has 0 fully saturated rings. The summed E-state index contributed by atoms with van der Waals surface area (Å²) < 4.78 is 0. The molecule has 0 atom stereocenters. The zero-order valence-corrected chi connectivity index (χ0v) is 12.4. The number of carbonyl (C=O) groups is 1. The monoisotopic (exact) mass is 289 g/mol. The maximum absolute atomic E-state index is 11.7. The topological polar surface area (TPSA) is 54.0 Å². The molecular weight excluding hydrogens is 270 g/mol. The fraction of sp³-hybridized carbons (Fsp3) is 0.333. The van der Waals surface area contributed by atoms with Gasteiger partial charge in [-0.15, -0.1) is 11.3 Å². The lowest BCUT2D eigenvalue weighted by atomic mass is 10.1. The second-order valence-corrected chi connectivity index (χ2v) is 5.34. The fourth-order valence-corrected chi connectivity index (χ4v) is 2.56. The highest BCUT2D eigenvalue weighted by atomic mass is 32.1. The standard InChI is InChI=1S/C15H19N3OS/c1-16-15-18-13(11-20-15)9-10-17-14(19)8-7-12-5-3-2-4-6-12/h2-6,11H,7-10H2,1H3,(H,16,18)(H,17,19). The first-order valence-electron chi connectivity index (χ1n) is 6.70. The zero-order chi connectivity index (χ0) is 14.2. The van der Waals surface area contributed by atoms with E-state index in [1.54, 1.807) is 11.3 Å². The number of carbonyl (C=O) groups excluding carboxylic acids is 1. The minimum absolute atomic E-state index is 0.0953. The molecule has 1 heterocycles. The van der Waals surface area contributed by atoms with Gasteiger partial charge in [0.15, 0.2) is 5.13 Å². The number of thiazole rings is 1. The molecule has 106 valence electrons. The molecule has 5 heteroatoms. The Morgan fingerprint density at radius 1 is 1.25 bits per heavy atom. The van der Waals surface area contributed by atoms with Gasteiger partial charge in [-0.2, -0.15) is 0 Å². The van der Waals surface area contributed by atoms with Crippen molar-refractivity contribution in [3.63, 3.8) is 0 Å². The van der Waals surface area contributed by atoms with Gasteiger partial charge >= 0.3 is 0 Å². The van der Waals surface area contributed by atoms with Crippen molar-refractivity contribution in [2.24, 2.45) is 0 Å². The third-order valence-electron chi connectivity index (χ3n) is 2.95. The third-order valence-corrected chi connectivity index (χ3v) is 3.86. The van der Waals surface area contributed by atoms with Gasteiger partial charge in [-0.1, -0.05) is 30.3 Å². The average Bonchev–Trinajstić information content (AvgIpc) is 2.94. The van der Waals surface area contributed by atoms with E-state index in [9.17, 15) is 4.79 Å². The van der Waals surface area contributed by atoms with Crippen LogP contribution in [0.15, 0.2) is 35.7 Å². The van der Waals surface area contributed by atoms with E-state index in [2.05, 4.69) is 15.6 Å². The quantitative estimate of drug-likeness (QED) is 0.823. The number of amides is 1. The lowest BCUT2D eigenvalue weighted by Gasteiger charge is -2.04. The number of aryl methyl sites for hydroxylation is 1. The van der Waals surface area contributed by atoms with Crippen molar-refractivity contribution in [2.45, 2.75) is 19.3 Å². The van der Waals surface area contributed by atoms with Crippen LogP contribution in [0.3, 0.4) is 0 Å². The van der Waals surface area contributed by atoms with E-state index >= 15 is 0 Å². The Morgan fingerprint density at radius 3 is 2.75 bits per heavy atom. The summed E-state index contributed by atoms with van der Waals surface area (Å²) in [5.74, 6) is 0.0953. The number of nitrogens with zero attached hydrogens (tertiary/aromatic N) is 1. The molecule has 1 amide bonds. The van der Waals surface area contributed by atoms with E-state index < -0.39 is 0 Å². The highest BCUT2D eigenvalue weighted by Crippen LogP contribution is 2.14. The molecular formula is C15H19N3OS. The molecule has 1 aromatic heterocycles. The summed E-state index contributed by atoms with van der Waals surface area (Å²) in [6, 6.07) is 10.1. The predicted octanol–water partition coefficient (Wildman–Crippen LogP) is 2.48. The number of aromatic nitrogens is 1.